The molecular weight excluding hydrogens is 356 g/mol. The molecule has 1 aromatic rings. The largest absolute Gasteiger partial charge is 0.481 e. The molecular formula is C18H24N2O5S. The molecule has 1 saturated carbocycles. The van der Waals surface area contributed by atoms with Crippen molar-refractivity contribution in [3.63, 3.8) is 0 Å². The van der Waals surface area contributed by atoms with E-state index in [0.717, 1.165) is 25.7 Å². The van der Waals surface area contributed by atoms with Gasteiger partial charge < -0.3 is 10.4 Å². The van der Waals surface area contributed by atoms with Gasteiger partial charge in [0, 0.05) is 24.7 Å². The van der Waals surface area contributed by atoms with Gasteiger partial charge in [-0.15, -0.1) is 0 Å². The Morgan fingerprint density at radius 3 is 2.50 bits per heavy atom. The first-order valence-electron chi connectivity index (χ1n) is 9.03. The summed E-state index contributed by atoms with van der Waals surface area (Å²) in [5, 5.41) is 12.0. The number of benzene rings is 1. The van der Waals surface area contributed by atoms with Crippen molar-refractivity contribution in [1.82, 2.24) is 9.62 Å². The molecule has 1 heterocycles. The van der Waals surface area contributed by atoms with Gasteiger partial charge in [-0.25, -0.2) is 8.42 Å². The average Bonchev–Trinajstić information content (AvgIpc) is 3.11. The maximum Gasteiger partial charge on any atom is 0.308 e. The number of amides is 1. The Kier molecular flexibility index (Phi) is 5.62. The van der Waals surface area contributed by atoms with Crippen LogP contribution < -0.4 is 5.32 Å². The quantitative estimate of drug-likeness (QED) is 0.811. The molecule has 1 aromatic carbocycles. The molecule has 1 saturated heterocycles. The fraction of sp³-hybridized carbons (Fsp3) is 0.556. The van der Waals surface area contributed by atoms with Gasteiger partial charge in [-0.05, 0) is 43.9 Å². The minimum atomic E-state index is -3.61. The van der Waals surface area contributed by atoms with Crippen LogP contribution in [-0.4, -0.2) is 48.8 Å². The molecule has 0 bridgehead atoms. The van der Waals surface area contributed by atoms with Crippen molar-refractivity contribution < 1.29 is 23.1 Å². The maximum atomic E-state index is 12.8. The van der Waals surface area contributed by atoms with E-state index in [1.54, 1.807) is 12.1 Å². The molecule has 0 spiro atoms. The first-order chi connectivity index (χ1) is 12.4. The smallest absolute Gasteiger partial charge is 0.308 e. The fourth-order valence-corrected chi connectivity index (χ4v) is 5.30. The lowest BCUT2D eigenvalue weighted by molar-refractivity contribution is -0.142. The number of nitrogens with zero attached hydrogens (tertiary/aromatic N) is 1. The van der Waals surface area contributed by atoms with Gasteiger partial charge in [0.15, 0.2) is 0 Å². The maximum absolute atomic E-state index is 12.8. The van der Waals surface area contributed by atoms with Gasteiger partial charge in [0.25, 0.3) is 5.91 Å². The molecule has 142 valence electrons. The van der Waals surface area contributed by atoms with E-state index in [-0.39, 0.29) is 10.5 Å². The van der Waals surface area contributed by atoms with E-state index in [0.29, 0.717) is 25.9 Å². The highest BCUT2D eigenvalue weighted by molar-refractivity contribution is 7.89. The molecule has 1 aliphatic carbocycles. The zero-order valence-electron chi connectivity index (χ0n) is 14.6. The average molecular weight is 380 g/mol. The molecule has 2 N–H and O–H groups in total. The molecule has 0 aromatic heterocycles. The van der Waals surface area contributed by atoms with Crippen molar-refractivity contribution in [2.45, 2.75) is 49.5 Å². The molecule has 2 fully saturated rings. The van der Waals surface area contributed by atoms with Crippen LogP contribution >= 0.6 is 0 Å². The molecule has 3 rings (SSSR count). The van der Waals surface area contributed by atoms with Gasteiger partial charge in [-0.1, -0.05) is 18.9 Å². The minimum absolute atomic E-state index is 0.105. The topological polar surface area (TPSA) is 104 Å². The second-order valence-electron chi connectivity index (χ2n) is 6.95. The number of carboxylic acid groups (broad SMARTS) is 1. The van der Waals surface area contributed by atoms with Crippen molar-refractivity contribution in [2.75, 3.05) is 13.1 Å². The zero-order chi connectivity index (χ0) is 18.7. The lowest BCUT2D eigenvalue weighted by Gasteiger charge is -2.26. The van der Waals surface area contributed by atoms with E-state index >= 15 is 0 Å². The van der Waals surface area contributed by atoms with E-state index < -0.39 is 33.9 Å². The van der Waals surface area contributed by atoms with Crippen LogP contribution in [0.5, 0.6) is 0 Å². The zero-order valence-corrected chi connectivity index (χ0v) is 15.4. The Bertz CT molecular complexity index is 787. The molecule has 1 amide bonds. The van der Waals surface area contributed by atoms with Gasteiger partial charge in [-0.2, -0.15) is 4.31 Å². The Labute approximate surface area is 153 Å². The van der Waals surface area contributed by atoms with Crippen LogP contribution in [0.2, 0.25) is 0 Å². The third-order valence-electron chi connectivity index (χ3n) is 5.20. The summed E-state index contributed by atoms with van der Waals surface area (Å²) in [7, 11) is -3.61. The van der Waals surface area contributed by atoms with Crippen LogP contribution in [0.3, 0.4) is 0 Å². The number of carbonyl (C=O) groups is 2. The summed E-state index contributed by atoms with van der Waals surface area (Å²) in [5.74, 6) is -1.92. The van der Waals surface area contributed by atoms with Gasteiger partial charge in [0.1, 0.15) is 0 Å². The number of aliphatic carboxylic acids is 1. The summed E-state index contributed by atoms with van der Waals surface area (Å²) < 4.78 is 27.0. The molecule has 8 heteroatoms. The summed E-state index contributed by atoms with van der Waals surface area (Å²) >= 11 is 0. The Hall–Kier alpha value is -1.93. The Balaban J connectivity index is 1.76. The summed E-state index contributed by atoms with van der Waals surface area (Å²) in [6.07, 6.45) is 4.64. The normalized spacial score (nSPS) is 24.3. The van der Waals surface area contributed by atoms with Crippen molar-refractivity contribution in [3.05, 3.63) is 29.8 Å². The molecule has 1 aliphatic heterocycles. The van der Waals surface area contributed by atoms with E-state index in [1.165, 1.54) is 16.4 Å². The van der Waals surface area contributed by atoms with Crippen LogP contribution in [0.15, 0.2) is 29.2 Å². The van der Waals surface area contributed by atoms with E-state index in [4.69, 9.17) is 0 Å². The first-order valence-corrected chi connectivity index (χ1v) is 10.5. The standard InChI is InChI=1S/C18H24N2O5S/c21-17(19-16-9-5-8-15(16)18(22)23)13-6-4-7-14(12-13)26(24,25)20-10-2-1-3-11-20/h4,6-7,12,15-16H,1-3,5,8-11H2,(H,19,21)(H,22,23)/t15-,16+/m1/s1. The highest BCUT2D eigenvalue weighted by Gasteiger charge is 2.34. The van der Waals surface area contributed by atoms with E-state index in [2.05, 4.69) is 5.32 Å². The van der Waals surface area contributed by atoms with Gasteiger partial charge in [0.05, 0.1) is 10.8 Å². The second-order valence-corrected chi connectivity index (χ2v) is 8.89. The van der Waals surface area contributed by atoms with Crippen molar-refractivity contribution in [3.8, 4) is 0 Å². The van der Waals surface area contributed by atoms with Crippen molar-refractivity contribution in [2.24, 2.45) is 5.92 Å². The monoisotopic (exact) mass is 380 g/mol. The Morgan fingerprint density at radius 2 is 1.81 bits per heavy atom. The second kappa shape index (κ2) is 7.75. The highest BCUT2D eigenvalue weighted by Crippen LogP contribution is 2.26. The molecule has 7 nitrogen and oxygen atoms in total. The van der Waals surface area contributed by atoms with Crippen molar-refractivity contribution >= 4 is 21.9 Å². The van der Waals surface area contributed by atoms with Crippen LogP contribution in [-0.2, 0) is 14.8 Å². The third kappa shape index (κ3) is 3.91. The highest BCUT2D eigenvalue weighted by atomic mass is 32.2. The first kappa shape index (κ1) is 18.8. The summed E-state index contributed by atoms with van der Waals surface area (Å²) in [4.78, 5) is 23.9. The number of hydrogen-bond acceptors (Lipinski definition) is 4. The third-order valence-corrected chi connectivity index (χ3v) is 7.09. The lowest BCUT2D eigenvalue weighted by atomic mass is 10.0. The minimum Gasteiger partial charge on any atom is -0.481 e. The Morgan fingerprint density at radius 1 is 1.08 bits per heavy atom. The molecule has 0 radical (unpaired) electrons. The van der Waals surface area contributed by atoms with E-state index in [9.17, 15) is 23.1 Å². The molecule has 0 unspecified atom stereocenters. The summed E-state index contributed by atoms with van der Waals surface area (Å²) in [6.45, 7) is 1.00. The van der Waals surface area contributed by atoms with Gasteiger partial charge >= 0.3 is 5.97 Å². The van der Waals surface area contributed by atoms with Crippen molar-refractivity contribution in [1.29, 1.82) is 0 Å². The van der Waals surface area contributed by atoms with Crippen LogP contribution in [0.25, 0.3) is 0 Å². The number of sulfonamides is 1. The van der Waals surface area contributed by atoms with Crippen LogP contribution in [0, 0.1) is 5.92 Å². The molecule has 26 heavy (non-hydrogen) atoms. The lowest BCUT2D eigenvalue weighted by Crippen LogP contribution is -2.40. The number of carbonyl (C=O) groups excluding carboxylic acids is 1. The summed E-state index contributed by atoms with van der Waals surface area (Å²) in [5.41, 5.74) is 0.235. The fourth-order valence-electron chi connectivity index (χ4n) is 3.73. The van der Waals surface area contributed by atoms with Crippen LogP contribution in [0.1, 0.15) is 48.9 Å². The summed E-state index contributed by atoms with van der Waals surface area (Å²) in [6, 6.07) is 5.56. The number of hydrogen-bond donors (Lipinski definition) is 2. The van der Waals surface area contributed by atoms with Crippen LogP contribution in [0.4, 0.5) is 0 Å². The SMILES string of the molecule is O=C(N[C@H]1CCC[C@H]1C(=O)O)c1cccc(S(=O)(=O)N2CCCCC2)c1. The predicted molar refractivity (Wildman–Crippen MR) is 95.3 cm³/mol. The number of piperidine rings is 1. The van der Waals surface area contributed by atoms with Gasteiger partial charge in [0.2, 0.25) is 10.0 Å². The predicted octanol–water partition coefficient (Wildman–Crippen LogP) is 1.84. The molecule has 2 aliphatic rings. The van der Waals surface area contributed by atoms with Gasteiger partial charge in [-0.3, -0.25) is 9.59 Å². The number of carboxylic acids is 1. The van der Waals surface area contributed by atoms with E-state index in [1.807, 2.05) is 0 Å². The molecule has 2 atom stereocenters. The number of rotatable bonds is 5. The number of nitrogens with one attached hydrogen (secondary N) is 1.